The zero-order valence-corrected chi connectivity index (χ0v) is 13.1. The van der Waals surface area contributed by atoms with Crippen LogP contribution < -0.4 is 20.9 Å². The molecule has 6 nitrogen and oxygen atoms in total. The number of benzene rings is 2. The molecular weight excluding hydrogens is 294 g/mol. The van der Waals surface area contributed by atoms with Gasteiger partial charge in [-0.3, -0.25) is 0 Å². The number of ether oxygens (including phenoxy) is 2. The lowest BCUT2D eigenvalue weighted by Gasteiger charge is -2.21. The number of nitrogens with zero attached hydrogens (tertiary/aromatic N) is 1. The van der Waals surface area contributed by atoms with Crippen LogP contribution in [-0.4, -0.2) is 20.2 Å². The van der Waals surface area contributed by atoms with Gasteiger partial charge in [-0.1, -0.05) is 12.1 Å². The first-order chi connectivity index (χ1) is 11.1. The summed E-state index contributed by atoms with van der Waals surface area (Å²) in [5.74, 6) is 0.263. The van der Waals surface area contributed by atoms with E-state index in [1.54, 1.807) is 19.2 Å². The van der Waals surface area contributed by atoms with E-state index in [1.807, 2.05) is 29.3 Å². The van der Waals surface area contributed by atoms with Gasteiger partial charge in [0.1, 0.15) is 5.75 Å². The third kappa shape index (κ3) is 2.93. The smallest absolute Gasteiger partial charge is 0.337 e. The minimum Gasteiger partial charge on any atom is -0.496 e. The van der Waals surface area contributed by atoms with Crippen molar-refractivity contribution < 1.29 is 14.3 Å². The second kappa shape index (κ2) is 6.18. The molecule has 0 saturated carbocycles. The molecular formula is C17H19N3O3. The molecule has 120 valence electrons. The molecule has 0 spiro atoms. The SMILES string of the molecule is COC(=O)c1ccc(CN2NCc3ccc(N)cc32)c(OC)c1. The monoisotopic (exact) mass is 313 g/mol. The zero-order valence-electron chi connectivity index (χ0n) is 13.1. The molecule has 0 bridgehead atoms. The second-order valence-electron chi connectivity index (χ2n) is 5.33. The summed E-state index contributed by atoms with van der Waals surface area (Å²) in [6.45, 7) is 1.36. The number of rotatable bonds is 4. The first kappa shape index (κ1) is 15.2. The highest BCUT2D eigenvalue weighted by molar-refractivity contribution is 5.90. The van der Waals surface area contributed by atoms with E-state index in [0.29, 0.717) is 17.9 Å². The van der Waals surface area contributed by atoms with Gasteiger partial charge in [0.25, 0.3) is 0 Å². The summed E-state index contributed by atoms with van der Waals surface area (Å²) < 4.78 is 10.2. The van der Waals surface area contributed by atoms with Crippen LogP contribution in [0.5, 0.6) is 5.75 Å². The molecule has 6 heteroatoms. The summed E-state index contributed by atoms with van der Waals surface area (Å²) in [5, 5.41) is 2.03. The number of hydrogen-bond donors (Lipinski definition) is 2. The van der Waals surface area contributed by atoms with Gasteiger partial charge >= 0.3 is 5.97 Å². The van der Waals surface area contributed by atoms with Gasteiger partial charge in [-0.2, -0.15) is 0 Å². The maximum atomic E-state index is 11.6. The summed E-state index contributed by atoms with van der Waals surface area (Å²) in [6, 6.07) is 11.2. The number of hydrogen-bond acceptors (Lipinski definition) is 6. The number of carbonyl (C=O) groups is 1. The number of nitrogen functional groups attached to an aromatic ring is 1. The topological polar surface area (TPSA) is 76.8 Å². The molecule has 0 aromatic heterocycles. The molecule has 23 heavy (non-hydrogen) atoms. The molecule has 1 aliphatic rings. The molecule has 3 rings (SSSR count). The number of methoxy groups -OCH3 is 2. The molecule has 1 aliphatic heterocycles. The van der Waals surface area contributed by atoms with E-state index in [1.165, 1.54) is 12.7 Å². The quantitative estimate of drug-likeness (QED) is 0.665. The van der Waals surface area contributed by atoms with E-state index in [0.717, 1.165) is 23.5 Å². The van der Waals surface area contributed by atoms with Crippen molar-refractivity contribution in [3.8, 4) is 5.75 Å². The Morgan fingerprint density at radius 2 is 2.09 bits per heavy atom. The van der Waals surface area contributed by atoms with Crippen molar-refractivity contribution in [3.05, 3.63) is 53.1 Å². The van der Waals surface area contributed by atoms with Gasteiger partial charge in [0, 0.05) is 17.8 Å². The highest BCUT2D eigenvalue weighted by atomic mass is 16.5. The predicted octanol–water partition coefficient (Wildman–Crippen LogP) is 2.09. The Morgan fingerprint density at radius 1 is 1.26 bits per heavy atom. The number of nitrogens with one attached hydrogen (secondary N) is 1. The maximum absolute atomic E-state index is 11.6. The molecule has 0 saturated heterocycles. The Morgan fingerprint density at radius 3 is 2.83 bits per heavy atom. The van der Waals surface area contributed by atoms with Crippen LogP contribution in [0.25, 0.3) is 0 Å². The maximum Gasteiger partial charge on any atom is 0.337 e. The lowest BCUT2D eigenvalue weighted by atomic mass is 10.1. The van der Waals surface area contributed by atoms with Crippen molar-refractivity contribution in [3.63, 3.8) is 0 Å². The number of hydrazine groups is 1. The van der Waals surface area contributed by atoms with Crippen LogP contribution in [0, 0.1) is 0 Å². The zero-order chi connectivity index (χ0) is 16.4. The van der Waals surface area contributed by atoms with Gasteiger partial charge in [-0.25, -0.2) is 10.2 Å². The Balaban J connectivity index is 1.87. The van der Waals surface area contributed by atoms with Crippen LogP contribution in [0.4, 0.5) is 11.4 Å². The fourth-order valence-corrected chi connectivity index (χ4v) is 2.68. The van der Waals surface area contributed by atoms with E-state index in [-0.39, 0.29) is 5.97 Å². The van der Waals surface area contributed by atoms with Crippen molar-refractivity contribution >= 4 is 17.3 Å². The lowest BCUT2D eigenvalue weighted by molar-refractivity contribution is 0.0600. The fourth-order valence-electron chi connectivity index (χ4n) is 2.68. The standard InChI is InChI=1S/C17H19N3O3/c1-22-16-7-11(17(21)23-2)3-4-13(16)10-20-15-8-14(18)6-5-12(15)9-19-20/h3-8,19H,9-10,18H2,1-2H3. The van der Waals surface area contributed by atoms with Gasteiger partial charge in [-0.05, 0) is 29.8 Å². The second-order valence-corrected chi connectivity index (χ2v) is 5.33. The molecule has 0 radical (unpaired) electrons. The number of anilines is 2. The summed E-state index contributed by atoms with van der Waals surface area (Å²) in [5.41, 5.74) is 13.6. The summed E-state index contributed by atoms with van der Waals surface area (Å²) in [6.07, 6.45) is 0. The number of carbonyl (C=O) groups excluding carboxylic acids is 1. The van der Waals surface area contributed by atoms with Gasteiger partial charge in [-0.15, -0.1) is 0 Å². The molecule has 3 N–H and O–H groups in total. The summed E-state index contributed by atoms with van der Waals surface area (Å²) >= 11 is 0. The average molecular weight is 313 g/mol. The van der Waals surface area contributed by atoms with Crippen molar-refractivity contribution in [2.75, 3.05) is 25.0 Å². The largest absolute Gasteiger partial charge is 0.496 e. The van der Waals surface area contributed by atoms with Crippen LogP contribution in [-0.2, 0) is 17.8 Å². The van der Waals surface area contributed by atoms with Crippen LogP contribution >= 0.6 is 0 Å². The molecule has 0 unspecified atom stereocenters. The van der Waals surface area contributed by atoms with Crippen LogP contribution in [0.1, 0.15) is 21.5 Å². The minimum absolute atomic E-state index is 0.382. The molecule has 2 aromatic rings. The Kier molecular flexibility index (Phi) is 4.08. The average Bonchev–Trinajstić information content (AvgIpc) is 2.96. The van der Waals surface area contributed by atoms with Gasteiger partial charge in [0.2, 0.25) is 0 Å². The first-order valence-corrected chi connectivity index (χ1v) is 7.27. The van der Waals surface area contributed by atoms with E-state index in [2.05, 4.69) is 5.43 Å². The Hall–Kier alpha value is -2.73. The summed E-state index contributed by atoms with van der Waals surface area (Å²) in [4.78, 5) is 11.6. The molecule has 2 aromatic carbocycles. The fraction of sp³-hybridized carbons (Fsp3) is 0.235. The first-order valence-electron chi connectivity index (χ1n) is 7.27. The highest BCUT2D eigenvalue weighted by Gasteiger charge is 2.20. The number of fused-ring (bicyclic) bond motifs is 1. The van der Waals surface area contributed by atoms with Crippen molar-refractivity contribution in [1.29, 1.82) is 0 Å². The Bertz CT molecular complexity index is 746. The number of nitrogens with two attached hydrogens (primary N) is 1. The van der Waals surface area contributed by atoms with Crippen molar-refractivity contribution in [1.82, 2.24) is 5.43 Å². The highest BCUT2D eigenvalue weighted by Crippen LogP contribution is 2.30. The van der Waals surface area contributed by atoms with Gasteiger partial charge < -0.3 is 20.2 Å². The molecule has 1 heterocycles. The third-order valence-corrected chi connectivity index (χ3v) is 3.90. The lowest BCUT2D eigenvalue weighted by Crippen LogP contribution is -2.31. The predicted molar refractivity (Wildman–Crippen MR) is 88.2 cm³/mol. The minimum atomic E-state index is -0.382. The van der Waals surface area contributed by atoms with Crippen molar-refractivity contribution in [2.24, 2.45) is 0 Å². The van der Waals surface area contributed by atoms with Gasteiger partial charge in [0.05, 0.1) is 32.0 Å². The van der Waals surface area contributed by atoms with Crippen LogP contribution in [0.15, 0.2) is 36.4 Å². The van der Waals surface area contributed by atoms with Gasteiger partial charge in [0.15, 0.2) is 0 Å². The van der Waals surface area contributed by atoms with E-state index >= 15 is 0 Å². The van der Waals surface area contributed by atoms with E-state index in [4.69, 9.17) is 15.2 Å². The number of esters is 1. The molecule has 0 fully saturated rings. The van der Waals surface area contributed by atoms with E-state index < -0.39 is 0 Å². The van der Waals surface area contributed by atoms with Crippen LogP contribution in [0.2, 0.25) is 0 Å². The normalized spacial score (nSPS) is 12.9. The third-order valence-electron chi connectivity index (χ3n) is 3.90. The molecule has 0 aliphatic carbocycles. The van der Waals surface area contributed by atoms with Crippen molar-refractivity contribution in [2.45, 2.75) is 13.1 Å². The Labute approximate surface area is 134 Å². The van der Waals surface area contributed by atoms with E-state index in [9.17, 15) is 4.79 Å². The molecule has 0 amide bonds. The molecule has 0 atom stereocenters. The van der Waals surface area contributed by atoms with Crippen LogP contribution in [0.3, 0.4) is 0 Å². The summed E-state index contributed by atoms with van der Waals surface area (Å²) in [7, 11) is 2.95.